The average molecular weight is 255 g/mol. The minimum absolute atomic E-state index is 0.884. The van der Waals surface area contributed by atoms with Crippen molar-refractivity contribution in [3.8, 4) is 0 Å². The third kappa shape index (κ3) is 1.97. The number of pyridine rings is 1. The monoisotopic (exact) mass is 255 g/mol. The Labute approximate surface area is 111 Å². The van der Waals surface area contributed by atoms with Crippen LogP contribution in [0.25, 0.3) is 11.0 Å². The number of nitrogens with one attached hydrogen (secondary N) is 3. The number of aromatic nitrogens is 4. The van der Waals surface area contributed by atoms with E-state index in [0.29, 0.717) is 0 Å². The van der Waals surface area contributed by atoms with Crippen molar-refractivity contribution >= 4 is 22.5 Å². The molecule has 0 saturated carbocycles. The van der Waals surface area contributed by atoms with E-state index in [0.717, 1.165) is 35.4 Å². The average Bonchev–Trinajstić information content (AvgIpc) is 3.05. The lowest BCUT2D eigenvalue weighted by atomic mass is 10.1. The van der Waals surface area contributed by atoms with Gasteiger partial charge in [-0.1, -0.05) is 13.8 Å². The van der Waals surface area contributed by atoms with E-state index in [4.69, 9.17) is 0 Å². The quantitative estimate of drug-likeness (QED) is 0.670. The molecule has 3 aromatic rings. The number of hydrogen-bond acceptors (Lipinski definition) is 3. The van der Waals surface area contributed by atoms with E-state index in [1.807, 2.05) is 18.3 Å². The molecule has 3 heterocycles. The van der Waals surface area contributed by atoms with E-state index in [1.54, 1.807) is 6.20 Å². The molecule has 0 aliphatic carbocycles. The highest BCUT2D eigenvalue weighted by Gasteiger charge is 2.11. The lowest BCUT2D eigenvalue weighted by molar-refractivity contribution is 0.957. The fourth-order valence-electron chi connectivity index (χ4n) is 2.38. The smallest absolute Gasteiger partial charge is 0.155 e. The molecule has 0 aliphatic rings. The second-order valence-electron chi connectivity index (χ2n) is 4.46. The van der Waals surface area contributed by atoms with Crippen molar-refractivity contribution in [2.24, 2.45) is 0 Å². The third-order valence-electron chi connectivity index (χ3n) is 3.37. The van der Waals surface area contributed by atoms with Gasteiger partial charge in [0.15, 0.2) is 5.82 Å². The zero-order chi connectivity index (χ0) is 13.2. The summed E-state index contributed by atoms with van der Waals surface area (Å²) >= 11 is 0. The summed E-state index contributed by atoms with van der Waals surface area (Å²) < 4.78 is 0. The maximum absolute atomic E-state index is 4.38. The van der Waals surface area contributed by atoms with Gasteiger partial charge in [-0.2, -0.15) is 5.10 Å². The van der Waals surface area contributed by atoms with E-state index < -0.39 is 0 Å². The van der Waals surface area contributed by atoms with Gasteiger partial charge in [-0.3, -0.25) is 5.10 Å². The molecule has 0 fully saturated rings. The zero-order valence-electron chi connectivity index (χ0n) is 11.1. The summed E-state index contributed by atoms with van der Waals surface area (Å²) in [5.74, 6) is 0.910. The van der Waals surface area contributed by atoms with Gasteiger partial charge in [0.2, 0.25) is 0 Å². The fraction of sp³-hybridized carbons (Fsp3) is 0.286. The summed E-state index contributed by atoms with van der Waals surface area (Å²) in [5, 5.41) is 12.0. The van der Waals surface area contributed by atoms with Gasteiger partial charge in [-0.05, 0) is 25.0 Å². The number of fused-ring (bicyclic) bond motifs is 1. The molecule has 0 amide bonds. The second kappa shape index (κ2) is 4.76. The van der Waals surface area contributed by atoms with Crippen LogP contribution in [0.2, 0.25) is 0 Å². The Morgan fingerprint density at radius 2 is 2.11 bits per heavy atom. The van der Waals surface area contributed by atoms with Crippen molar-refractivity contribution in [1.29, 1.82) is 0 Å². The third-order valence-corrected chi connectivity index (χ3v) is 3.37. The summed E-state index contributed by atoms with van der Waals surface area (Å²) in [6.45, 7) is 4.28. The summed E-state index contributed by atoms with van der Waals surface area (Å²) in [4.78, 5) is 7.40. The van der Waals surface area contributed by atoms with Crippen LogP contribution in [0.1, 0.15) is 25.1 Å². The minimum Gasteiger partial charge on any atom is -0.346 e. The van der Waals surface area contributed by atoms with Gasteiger partial charge < -0.3 is 10.3 Å². The van der Waals surface area contributed by atoms with Gasteiger partial charge in [0.25, 0.3) is 0 Å². The molecule has 0 atom stereocenters. The molecule has 3 N–H and O–H groups in total. The highest BCUT2D eigenvalue weighted by molar-refractivity contribution is 5.91. The summed E-state index contributed by atoms with van der Waals surface area (Å²) in [5.41, 5.74) is 4.36. The molecule has 98 valence electrons. The van der Waals surface area contributed by atoms with Gasteiger partial charge in [-0.15, -0.1) is 0 Å². The fourth-order valence-corrected chi connectivity index (χ4v) is 2.38. The SMILES string of the molecule is CCc1[nH]nc(Nc2ccnc3[nH]ccc23)c1CC. The van der Waals surface area contributed by atoms with E-state index in [2.05, 4.69) is 39.3 Å². The Morgan fingerprint density at radius 3 is 2.89 bits per heavy atom. The largest absolute Gasteiger partial charge is 0.346 e. The second-order valence-corrected chi connectivity index (χ2v) is 4.46. The van der Waals surface area contributed by atoms with Crippen LogP contribution < -0.4 is 5.32 Å². The predicted molar refractivity (Wildman–Crippen MR) is 76.7 cm³/mol. The number of aromatic amines is 2. The van der Waals surface area contributed by atoms with Crippen LogP contribution in [-0.4, -0.2) is 20.2 Å². The van der Waals surface area contributed by atoms with Crippen LogP contribution in [0.3, 0.4) is 0 Å². The molecule has 0 aliphatic heterocycles. The van der Waals surface area contributed by atoms with E-state index >= 15 is 0 Å². The highest BCUT2D eigenvalue weighted by Crippen LogP contribution is 2.26. The summed E-state index contributed by atoms with van der Waals surface area (Å²) in [6, 6.07) is 3.99. The number of aryl methyl sites for hydroxylation is 1. The molecule has 0 bridgehead atoms. The van der Waals surface area contributed by atoms with Crippen LogP contribution in [0.15, 0.2) is 24.5 Å². The molecule has 0 unspecified atom stereocenters. The molecule has 0 aromatic carbocycles. The van der Waals surface area contributed by atoms with Gasteiger partial charge in [0.1, 0.15) is 5.65 Å². The summed E-state index contributed by atoms with van der Waals surface area (Å²) in [7, 11) is 0. The Balaban J connectivity index is 2.01. The van der Waals surface area contributed by atoms with Gasteiger partial charge in [-0.25, -0.2) is 4.98 Å². The Bertz CT molecular complexity index is 695. The molecule has 0 saturated heterocycles. The minimum atomic E-state index is 0.884. The molecular formula is C14H17N5. The number of anilines is 2. The molecule has 19 heavy (non-hydrogen) atoms. The van der Waals surface area contributed by atoms with Crippen LogP contribution >= 0.6 is 0 Å². The van der Waals surface area contributed by atoms with E-state index in [-0.39, 0.29) is 0 Å². The maximum atomic E-state index is 4.38. The maximum Gasteiger partial charge on any atom is 0.155 e. The normalized spacial score (nSPS) is 11.1. The topological polar surface area (TPSA) is 69.4 Å². The van der Waals surface area contributed by atoms with Gasteiger partial charge in [0.05, 0.1) is 5.69 Å². The lowest BCUT2D eigenvalue weighted by Gasteiger charge is -2.06. The van der Waals surface area contributed by atoms with Crippen molar-refractivity contribution in [2.45, 2.75) is 26.7 Å². The zero-order valence-corrected chi connectivity index (χ0v) is 11.1. The summed E-state index contributed by atoms with van der Waals surface area (Å²) in [6.07, 6.45) is 5.61. The van der Waals surface area contributed by atoms with Gasteiger partial charge in [0, 0.05) is 29.0 Å². The molecule has 0 spiro atoms. The number of H-pyrrole nitrogens is 2. The van der Waals surface area contributed by atoms with Crippen molar-refractivity contribution in [2.75, 3.05) is 5.32 Å². The van der Waals surface area contributed by atoms with Crippen LogP contribution in [-0.2, 0) is 12.8 Å². The Hall–Kier alpha value is -2.30. The lowest BCUT2D eigenvalue weighted by Crippen LogP contribution is -1.96. The van der Waals surface area contributed by atoms with Crippen molar-refractivity contribution in [1.82, 2.24) is 20.2 Å². The first kappa shape index (κ1) is 11.8. The molecule has 5 nitrogen and oxygen atoms in total. The van der Waals surface area contributed by atoms with Crippen LogP contribution in [0, 0.1) is 0 Å². The van der Waals surface area contributed by atoms with Crippen molar-refractivity contribution < 1.29 is 0 Å². The molecular weight excluding hydrogens is 238 g/mol. The molecule has 5 heteroatoms. The first-order valence-electron chi connectivity index (χ1n) is 6.58. The Kier molecular flexibility index (Phi) is 2.95. The Morgan fingerprint density at radius 1 is 1.21 bits per heavy atom. The molecule has 3 aromatic heterocycles. The van der Waals surface area contributed by atoms with Crippen molar-refractivity contribution in [3.63, 3.8) is 0 Å². The first-order chi connectivity index (χ1) is 9.33. The van der Waals surface area contributed by atoms with Gasteiger partial charge >= 0.3 is 0 Å². The van der Waals surface area contributed by atoms with Crippen LogP contribution in [0.5, 0.6) is 0 Å². The predicted octanol–water partition coefficient (Wildman–Crippen LogP) is 3.15. The highest BCUT2D eigenvalue weighted by atomic mass is 15.2. The van der Waals surface area contributed by atoms with E-state index in [1.165, 1.54) is 11.3 Å². The number of rotatable bonds is 4. The van der Waals surface area contributed by atoms with E-state index in [9.17, 15) is 0 Å². The van der Waals surface area contributed by atoms with Crippen molar-refractivity contribution in [3.05, 3.63) is 35.8 Å². The molecule has 0 radical (unpaired) electrons. The standard InChI is InChI=1S/C14H17N5/c1-3-9-11(4-2)18-19-14(9)17-12-6-8-16-13-10(12)5-7-15-13/h5-8H,3-4H2,1-2H3,(H3,15,16,17,18,19). The number of nitrogens with zero attached hydrogens (tertiary/aromatic N) is 2. The van der Waals surface area contributed by atoms with Crippen LogP contribution in [0.4, 0.5) is 11.5 Å². The first-order valence-corrected chi connectivity index (χ1v) is 6.58. The molecule has 3 rings (SSSR count). The number of hydrogen-bond donors (Lipinski definition) is 3.